The van der Waals surface area contributed by atoms with Gasteiger partial charge in [0, 0.05) is 24.6 Å². The highest BCUT2D eigenvalue weighted by molar-refractivity contribution is 7.80. The number of rotatable bonds is 4. The van der Waals surface area contributed by atoms with Crippen LogP contribution in [0.2, 0.25) is 0 Å². The fraction of sp³-hybridized carbons (Fsp3) is 0.636. The Labute approximate surface area is 119 Å². The van der Waals surface area contributed by atoms with E-state index < -0.39 is 42.4 Å². The van der Waals surface area contributed by atoms with Gasteiger partial charge in [0.2, 0.25) is 0 Å². The second-order valence-corrected chi connectivity index (χ2v) is 4.90. The molecule has 1 aliphatic heterocycles. The molecule has 2 rings (SSSR count). The second kappa shape index (κ2) is 6.10. The number of thiol groups is 1. The van der Waals surface area contributed by atoms with E-state index in [1.54, 1.807) is 0 Å². The topological polar surface area (TPSA) is 114 Å². The number of aliphatic hydroxyl groups is 3. The molecule has 1 aromatic heterocycles. The van der Waals surface area contributed by atoms with E-state index in [4.69, 9.17) is 9.84 Å². The molecule has 1 fully saturated rings. The van der Waals surface area contributed by atoms with Gasteiger partial charge < -0.3 is 20.1 Å². The number of aromatic nitrogens is 2. The molecule has 0 saturated carbocycles. The van der Waals surface area contributed by atoms with E-state index in [9.17, 15) is 19.8 Å². The Kier molecular flexibility index (Phi) is 4.66. The van der Waals surface area contributed by atoms with Gasteiger partial charge in [0.1, 0.15) is 18.3 Å². The molecule has 0 amide bonds. The normalized spacial score (nSPS) is 29.8. The second-order valence-electron chi connectivity index (χ2n) is 4.45. The van der Waals surface area contributed by atoms with Crippen LogP contribution < -0.4 is 11.2 Å². The number of hydrogen-bond acceptors (Lipinski definition) is 7. The summed E-state index contributed by atoms with van der Waals surface area (Å²) in [6.45, 7) is -0.365. The highest BCUT2D eigenvalue weighted by Gasteiger charge is 2.43. The number of aliphatic hydroxyl groups excluding tert-OH is 3. The minimum absolute atomic E-state index is 0.121. The smallest absolute Gasteiger partial charge is 0.333 e. The molecule has 4 atom stereocenters. The lowest BCUT2D eigenvalue weighted by molar-refractivity contribution is -0.0555. The average molecular weight is 304 g/mol. The van der Waals surface area contributed by atoms with E-state index in [-0.39, 0.29) is 6.54 Å². The Morgan fingerprint density at radius 1 is 1.30 bits per heavy atom. The average Bonchev–Trinajstić information content (AvgIpc) is 2.71. The van der Waals surface area contributed by atoms with E-state index in [1.165, 1.54) is 12.3 Å². The molecule has 1 aromatic rings. The maximum atomic E-state index is 12.2. The maximum Gasteiger partial charge on any atom is 0.333 e. The number of nitrogens with zero attached hydrogens (tertiary/aromatic N) is 2. The molecule has 9 heteroatoms. The van der Waals surface area contributed by atoms with Gasteiger partial charge >= 0.3 is 5.69 Å². The van der Waals surface area contributed by atoms with Crippen molar-refractivity contribution in [2.75, 3.05) is 12.4 Å². The zero-order valence-electron chi connectivity index (χ0n) is 10.5. The molecule has 0 bridgehead atoms. The number of ether oxygens (including phenoxy) is 1. The summed E-state index contributed by atoms with van der Waals surface area (Å²) in [6, 6.07) is 1.17. The van der Waals surface area contributed by atoms with Gasteiger partial charge in [-0.1, -0.05) is 0 Å². The lowest BCUT2D eigenvalue weighted by Crippen LogP contribution is -2.43. The van der Waals surface area contributed by atoms with Crippen LogP contribution in [0.3, 0.4) is 0 Å². The van der Waals surface area contributed by atoms with Crippen molar-refractivity contribution in [3.63, 3.8) is 0 Å². The van der Waals surface area contributed by atoms with Gasteiger partial charge in [-0.15, -0.1) is 0 Å². The summed E-state index contributed by atoms with van der Waals surface area (Å²) in [5.41, 5.74) is -1.14. The molecule has 0 unspecified atom stereocenters. The first kappa shape index (κ1) is 15.3. The third-order valence-corrected chi connectivity index (χ3v) is 3.41. The van der Waals surface area contributed by atoms with Crippen LogP contribution in [0.4, 0.5) is 0 Å². The molecule has 0 radical (unpaired) electrons. The van der Waals surface area contributed by atoms with E-state index in [2.05, 4.69) is 12.6 Å². The Morgan fingerprint density at radius 2 is 2.00 bits per heavy atom. The van der Waals surface area contributed by atoms with Gasteiger partial charge in [-0.3, -0.25) is 13.9 Å². The van der Waals surface area contributed by atoms with Crippen molar-refractivity contribution in [1.82, 2.24) is 9.13 Å². The molecule has 3 N–H and O–H groups in total. The first-order chi connectivity index (χ1) is 9.51. The molecule has 1 aliphatic rings. The Hall–Kier alpha value is -1.13. The van der Waals surface area contributed by atoms with E-state index in [0.29, 0.717) is 5.75 Å². The van der Waals surface area contributed by atoms with Crippen LogP contribution in [0.5, 0.6) is 0 Å². The molecule has 0 aliphatic carbocycles. The van der Waals surface area contributed by atoms with Crippen LogP contribution in [-0.2, 0) is 11.3 Å². The van der Waals surface area contributed by atoms with E-state index >= 15 is 0 Å². The predicted octanol–water partition coefficient (Wildman–Crippen LogP) is -2.45. The molecule has 0 spiro atoms. The van der Waals surface area contributed by atoms with E-state index in [1.807, 2.05) is 0 Å². The number of hydrogen-bond donors (Lipinski definition) is 4. The van der Waals surface area contributed by atoms with Crippen LogP contribution in [0, 0.1) is 0 Å². The standard InChI is InChI=1S/C11H16N2O6S/c14-5-6-8(16)9(17)10(19-6)13-2-1-7(15)12(3-4-20)11(13)18/h1-2,6,8-10,14,16-17,20H,3-5H2/t6-,8-,9-,10-/m1/s1. The quantitative estimate of drug-likeness (QED) is 0.459. The van der Waals surface area contributed by atoms with Gasteiger partial charge in [0.15, 0.2) is 6.23 Å². The lowest BCUT2D eigenvalue weighted by atomic mass is 10.1. The Balaban J connectivity index is 2.42. The molecule has 1 saturated heterocycles. The van der Waals surface area contributed by atoms with Crippen molar-refractivity contribution in [3.05, 3.63) is 33.1 Å². The van der Waals surface area contributed by atoms with Gasteiger partial charge in [0.25, 0.3) is 5.56 Å². The van der Waals surface area contributed by atoms with Crippen molar-refractivity contribution < 1.29 is 20.1 Å². The van der Waals surface area contributed by atoms with E-state index in [0.717, 1.165) is 9.13 Å². The zero-order valence-corrected chi connectivity index (χ0v) is 11.4. The summed E-state index contributed by atoms with van der Waals surface area (Å²) in [6.07, 6.45) is -3.61. The summed E-state index contributed by atoms with van der Waals surface area (Å²) in [5, 5.41) is 28.6. The van der Waals surface area contributed by atoms with Crippen molar-refractivity contribution in [1.29, 1.82) is 0 Å². The fourth-order valence-electron chi connectivity index (χ4n) is 2.14. The molecule has 2 heterocycles. The molecule has 8 nitrogen and oxygen atoms in total. The third kappa shape index (κ3) is 2.54. The van der Waals surface area contributed by atoms with Crippen LogP contribution >= 0.6 is 12.6 Å². The van der Waals surface area contributed by atoms with Crippen LogP contribution in [-0.4, -0.2) is 55.1 Å². The molecule has 0 aromatic carbocycles. The predicted molar refractivity (Wildman–Crippen MR) is 71.8 cm³/mol. The highest BCUT2D eigenvalue weighted by Crippen LogP contribution is 2.27. The summed E-state index contributed by atoms with van der Waals surface area (Å²) in [4.78, 5) is 23.8. The first-order valence-corrected chi connectivity index (χ1v) is 6.69. The van der Waals surface area contributed by atoms with Gasteiger partial charge in [-0.2, -0.15) is 12.6 Å². The van der Waals surface area contributed by atoms with Gasteiger partial charge in [-0.05, 0) is 0 Å². The van der Waals surface area contributed by atoms with Crippen molar-refractivity contribution in [3.8, 4) is 0 Å². The molecule has 20 heavy (non-hydrogen) atoms. The zero-order chi connectivity index (χ0) is 14.9. The summed E-state index contributed by atoms with van der Waals surface area (Å²) in [5.74, 6) is 0.301. The minimum Gasteiger partial charge on any atom is -0.394 e. The fourth-order valence-corrected chi connectivity index (χ4v) is 2.34. The molecule has 112 valence electrons. The van der Waals surface area contributed by atoms with Crippen molar-refractivity contribution in [2.24, 2.45) is 0 Å². The maximum absolute atomic E-state index is 12.2. The highest BCUT2D eigenvalue weighted by atomic mass is 32.1. The molecular weight excluding hydrogens is 288 g/mol. The Bertz CT molecular complexity index is 585. The van der Waals surface area contributed by atoms with Crippen molar-refractivity contribution in [2.45, 2.75) is 31.1 Å². The minimum atomic E-state index is -1.37. The van der Waals surface area contributed by atoms with Gasteiger partial charge in [0.05, 0.1) is 6.61 Å². The monoisotopic (exact) mass is 304 g/mol. The first-order valence-electron chi connectivity index (χ1n) is 6.06. The summed E-state index contributed by atoms with van der Waals surface area (Å²) in [7, 11) is 0. The Morgan fingerprint density at radius 3 is 2.55 bits per heavy atom. The summed E-state index contributed by atoms with van der Waals surface area (Å²) >= 11 is 3.97. The SMILES string of the molecule is O=c1ccn([C@@H]2O[C@H](CO)[C@@H](O)[C@H]2O)c(=O)n1CCS. The summed E-state index contributed by atoms with van der Waals surface area (Å²) < 4.78 is 7.24. The van der Waals surface area contributed by atoms with Gasteiger partial charge in [-0.25, -0.2) is 4.79 Å². The van der Waals surface area contributed by atoms with Crippen LogP contribution in [0.1, 0.15) is 6.23 Å². The lowest BCUT2D eigenvalue weighted by Gasteiger charge is -2.18. The third-order valence-electron chi connectivity index (χ3n) is 3.21. The largest absolute Gasteiger partial charge is 0.394 e. The van der Waals surface area contributed by atoms with Crippen LogP contribution in [0.15, 0.2) is 21.9 Å². The van der Waals surface area contributed by atoms with Crippen LogP contribution in [0.25, 0.3) is 0 Å². The molecular formula is C11H16N2O6S. The van der Waals surface area contributed by atoms with Crippen molar-refractivity contribution >= 4 is 12.6 Å².